The molecular formula is C23H29N7O2. The number of anilines is 3. The molecule has 3 atom stereocenters. The van der Waals surface area contributed by atoms with E-state index in [9.17, 15) is 5.11 Å². The maximum atomic E-state index is 9.82. The molecule has 9 heteroatoms. The molecule has 1 aliphatic heterocycles. The van der Waals surface area contributed by atoms with Gasteiger partial charge in [-0.3, -0.25) is 5.32 Å². The van der Waals surface area contributed by atoms with Gasteiger partial charge in [0.1, 0.15) is 18.4 Å². The first-order chi connectivity index (χ1) is 15.7. The number of aliphatic hydroxyl groups excluding tert-OH is 1. The summed E-state index contributed by atoms with van der Waals surface area (Å²) in [5, 5.41) is 20.8. The normalized spacial score (nSPS) is 22.2. The van der Waals surface area contributed by atoms with E-state index in [-0.39, 0.29) is 6.04 Å². The topological polar surface area (TPSA) is 99.8 Å². The Hall–Kier alpha value is -3.01. The summed E-state index contributed by atoms with van der Waals surface area (Å²) in [6, 6.07) is 6.50. The monoisotopic (exact) mass is 435 g/mol. The molecule has 1 saturated carbocycles. The highest BCUT2D eigenvalue weighted by Gasteiger charge is 2.27. The lowest BCUT2D eigenvalue weighted by molar-refractivity contribution is 0.122. The van der Waals surface area contributed by atoms with Gasteiger partial charge in [-0.1, -0.05) is 6.58 Å². The number of hydrogen-bond acceptors (Lipinski definition) is 8. The molecule has 9 nitrogen and oxygen atoms in total. The number of fused-ring (bicyclic) bond motifs is 1. The summed E-state index contributed by atoms with van der Waals surface area (Å²) in [6.45, 7) is 6.92. The molecule has 5 rings (SSSR count). The Morgan fingerprint density at radius 2 is 2.09 bits per heavy atom. The van der Waals surface area contributed by atoms with Crippen LogP contribution in [0.4, 0.5) is 17.2 Å². The van der Waals surface area contributed by atoms with Crippen LogP contribution in [0.15, 0.2) is 49.6 Å². The number of nitrogens with one attached hydrogen (secondary N) is 2. The molecule has 1 aliphatic carbocycles. The number of pyridine rings is 2. The fraction of sp³-hybridized carbons (Fsp3) is 0.435. The van der Waals surface area contributed by atoms with Crippen molar-refractivity contribution in [3.63, 3.8) is 0 Å². The second-order valence-electron chi connectivity index (χ2n) is 8.40. The quantitative estimate of drug-likeness (QED) is 0.384. The lowest BCUT2D eigenvalue weighted by atomic mass is 9.98. The number of nitrogens with zero attached hydrogens (tertiary/aromatic N) is 5. The number of aromatic nitrogens is 4. The molecule has 32 heavy (non-hydrogen) atoms. The van der Waals surface area contributed by atoms with Gasteiger partial charge in [0.05, 0.1) is 30.8 Å². The maximum absolute atomic E-state index is 9.82. The van der Waals surface area contributed by atoms with E-state index in [0.29, 0.717) is 5.92 Å². The van der Waals surface area contributed by atoms with Crippen LogP contribution >= 0.6 is 0 Å². The van der Waals surface area contributed by atoms with E-state index >= 15 is 0 Å². The van der Waals surface area contributed by atoms with Crippen molar-refractivity contribution in [2.45, 2.75) is 37.5 Å². The summed E-state index contributed by atoms with van der Waals surface area (Å²) >= 11 is 0. The third kappa shape index (κ3) is 4.45. The Bertz CT molecular complexity index is 1060. The number of hydrogen-bond donors (Lipinski definition) is 3. The minimum Gasteiger partial charge on any atom is -0.378 e. The molecule has 168 valence electrons. The number of rotatable bonds is 7. The average molecular weight is 436 g/mol. The van der Waals surface area contributed by atoms with Gasteiger partial charge in [0.25, 0.3) is 0 Å². The number of morpholine rings is 1. The number of aliphatic hydroxyl groups is 1. The lowest BCUT2D eigenvalue weighted by Gasteiger charge is -2.28. The van der Waals surface area contributed by atoms with Crippen LogP contribution < -0.4 is 15.5 Å². The zero-order chi connectivity index (χ0) is 21.9. The van der Waals surface area contributed by atoms with Crippen LogP contribution in [0.5, 0.6) is 0 Å². The standard InChI is InChI=1S/C23H29N7O2/c1-2-22(31)27-18-4-3-16(11-18)17-12-20(23-25-15-26-30(23)14-17)28-21-6-5-19(13-24-21)29-7-9-32-10-8-29/h2,5-6,12-16,18,22,27,31H,1,3-4,7-11H2,(H,24,28)/t16-,18+,22?/m1/s1. The van der Waals surface area contributed by atoms with Crippen molar-refractivity contribution < 1.29 is 9.84 Å². The van der Waals surface area contributed by atoms with E-state index < -0.39 is 6.23 Å². The lowest BCUT2D eigenvalue weighted by Crippen LogP contribution is -2.36. The molecule has 1 unspecified atom stereocenters. The SMILES string of the molecule is C=CC(O)N[C@H]1CC[C@@H](c2cc(Nc3ccc(N4CCOCC4)cn3)c3ncnn3c2)C1. The van der Waals surface area contributed by atoms with Gasteiger partial charge in [0, 0.05) is 25.3 Å². The van der Waals surface area contributed by atoms with Crippen LogP contribution in [0.2, 0.25) is 0 Å². The highest BCUT2D eigenvalue weighted by atomic mass is 16.5. The molecule has 3 N–H and O–H groups in total. The van der Waals surface area contributed by atoms with E-state index in [1.54, 1.807) is 6.33 Å². The van der Waals surface area contributed by atoms with Gasteiger partial charge in [-0.05, 0) is 55.0 Å². The van der Waals surface area contributed by atoms with Gasteiger partial charge in [0.15, 0.2) is 5.65 Å². The molecule has 4 heterocycles. The molecule has 0 aromatic carbocycles. The summed E-state index contributed by atoms with van der Waals surface area (Å²) in [5.41, 5.74) is 3.95. The van der Waals surface area contributed by atoms with Gasteiger partial charge >= 0.3 is 0 Å². The first-order valence-corrected chi connectivity index (χ1v) is 11.2. The Labute approximate surface area is 187 Å². The first kappa shape index (κ1) is 20.9. The second kappa shape index (κ2) is 9.23. The average Bonchev–Trinajstić information content (AvgIpc) is 3.50. The van der Waals surface area contributed by atoms with Crippen LogP contribution in [0.25, 0.3) is 5.65 Å². The molecule has 3 aromatic rings. The number of ether oxygens (including phenoxy) is 1. The summed E-state index contributed by atoms with van der Waals surface area (Å²) in [5.74, 6) is 1.15. The Morgan fingerprint density at radius 1 is 1.22 bits per heavy atom. The molecule has 1 saturated heterocycles. The van der Waals surface area contributed by atoms with Crippen LogP contribution in [0.1, 0.15) is 30.7 Å². The van der Waals surface area contributed by atoms with Crippen molar-refractivity contribution in [3.8, 4) is 0 Å². The maximum Gasteiger partial charge on any atom is 0.178 e. The van der Waals surface area contributed by atoms with Crippen molar-refractivity contribution in [2.24, 2.45) is 0 Å². The van der Waals surface area contributed by atoms with Crippen LogP contribution in [0.3, 0.4) is 0 Å². The second-order valence-corrected chi connectivity index (χ2v) is 8.40. The fourth-order valence-corrected chi connectivity index (χ4v) is 4.61. The van der Waals surface area contributed by atoms with Crippen molar-refractivity contribution in [2.75, 3.05) is 36.5 Å². The smallest absolute Gasteiger partial charge is 0.178 e. The van der Waals surface area contributed by atoms with Crippen LogP contribution in [-0.2, 0) is 4.74 Å². The molecule has 0 bridgehead atoms. The van der Waals surface area contributed by atoms with E-state index in [0.717, 1.165) is 68.4 Å². The molecule has 3 aromatic heterocycles. The summed E-state index contributed by atoms with van der Waals surface area (Å²) in [4.78, 5) is 11.3. The van der Waals surface area contributed by atoms with E-state index in [1.807, 2.05) is 16.8 Å². The largest absolute Gasteiger partial charge is 0.378 e. The minimum absolute atomic E-state index is 0.269. The van der Waals surface area contributed by atoms with Gasteiger partial charge in [-0.25, -0.2) is 14.5 Å². The van der Waals surface area contributed by atoms with Crippen LogP contribution in [-0.4, -0.2) is 63.3 Å². The van der Waals surface area contributed by atoms with Crippen LogP contribution in [0, 0.1) is 0 Å². The Kier molecular flexibility index (Phi) is 6.02. The zero-order valence-electron chi connectivity index (χ0n) is 18.0. The predicted octanol–water partition coefficient (Wildman–Crippen LogP) is 2.43. The molecule has 0 spiro atoms. The summed E-state index contributed by atoms with van der Waals surface area (Å²) in [7, 11) is 0. The molecular weight excluding hydrogens is 406 g/mol. The van der Waals surface area contributed by atoms with Crippen molar-refractivity contribution in [1.82, 2.24) is 24.9 Å². The van der Waals surface area contributed by atoms with Gasteiger partial charge in [-0.2, -0.15) is 5.10 Å². The molecule has 2 fully saturated rings. The highest BCUT2D eigenvalue weighted by molar-refractivity contribution is 5.73. The van der Waals surface area contributed by atoms with E-state index in [2.05, 4.69) is 55.5 Å². The van der Waals surface area contributed by atoms with E-state index in [1.165, 1.54) is 11.6 Å². The third-order valence-electron chi connectivity index (χ3n) is 6.32. The first-order valence-electron chi connectivity index (χ1n) is 11.2. The summed E-state index contributed by atoms with van der Waals surface area (Å²) < 4.78 is 7.25. The van der Waals surface area contributed by atoms with Gasteiger partial charge < -0.3 is 20.1 Å². The van der Waals surface area contributed by atoms with Crippen molar-refractivity contribution in [1.29, 1.82) is 0 Å². The predicted molar refractivity (Wildman–Crippen MR) is 123 cm³/mol. The summed E-state index contributed by atoms with van der Waals surface area (Å²) in [6.07, 6.45) is 9.40. The molecule has 0 amide bonds. The highest BCUT2D eigenvalue weighted by Crippen LogP contribution is 2.36. The van der Waals surface area contributed by atoms with Gasteiger partial charge in [-0.15, -0.1) is 0 Å². The third-order valence-corrected chi connectivity index (χ3v) is 6.32. The van der Waals surface area contributed by atoms with E-state index in [4.69, 9.17) is 4.74 Å². The Balaban J connectivity index is 1.34. The zero-order valence-corrected chi connectivity index (χ0v) is 18.0. The van der Waals surface area contributed by atoms with Crippen molar-refractivity contribution in [3.05, 3.63) is 55.1 Å². The Morgan fingerprint density at radius 3 is 2.88 bits per heavy atom. The van der Waals surface area contributed by atoms with Gasteiger partial charge in [0.2, 0.25) is 0 Å². The fourth-order valence-electron chi connectivity index (χ4n) is 4.61. The van der Waals surface area contributed by atoms with Crippen molar-refractivity contribution >= 4 is 22.8 Å². The molecule has 2 aliphatic rings. The molecule has 0 radical (unpaired) electrons. The minimum atomic E-state index is -0.666.